The zero-order valence-corrected chi connectivity index (χ0v) is 19.5. The molecule has 1 heterocycles. The molecule has 0 spiro atoms. The Morgan fingerprint density at radius 1 is 1.25 bits per heavy atom. The van der Waals surface area contributed by atoms with E-state index in [2.05, 4.69) is 10.6 Å². The number of halogens is 2. The van der Waals surface area contributed by atoms with Crippen molar-refractivity contribution in [2.24, 2.45) is 0 Å². The normalized spacial score (nSPS) is 19.4. The summed E-state index contributed by atoms with van der Waals surface area (Å²) in [5, 5.41) is 16.5. The van der Waals surface area contributed by atoms with Crippen LogP contribution in [0.5, 0.6) is 0 Å². The Labute approximate surface area is 197 Å². The van der Waals surface area contributed by atoms with Crippen molar-refractivity contribution in [2.45, 2.75) is 44.6 Å². The molecule has 3 N–H and O–H groups in total. The van der Waals surface area contributed by atoms with Gasteiger partial charge >= 0.3 is 12.1 Å². The summed E-state index contributed by atoms with van der Waals surface area (Å²) >= 11 is 12.8. The lowest BCUT2D eigenvalue weighted by Gasteiger charge is -2.35. The van der Waals surface area contributed by atoms with Gasteiger partial charge in [0.05, 0.1) is 12.1 Å². The molecule has 0 fully saturated rings. The number of carbonyl (C=O) groups is 2. The van der Waals surface area contributed by atoms with E-state index < -0.39 is 17.6 Å². The van der Waals surface area contributed by atoms with Crippen LogP contribution in [0.4, 0.5) is 16.2 Å². The fourth-order valence-corrected chi connectivity index (χ4v) is 4.72. The Kier molecular flexibility index (Phi) is 7.69. The molecule has 0 aliphatic carbocycles. The molecule has 32 heavy (non-hydrogen) atoms. The first kappa shape index (κ1) is 24.0. The lowest BCUT2D eigenvalue weighted by atomic mass is 9.75. The van der Waals surface area contributed by atoms with Crippen molar-refractivity contribution in [2.75, 3.05) is 17.2 Å². The van der Waals surface area contributed by atoms with Gasteiger partial charge in [-0.25, -0.2) is 9.59 Å². The molecule has 1 amide bonds. The molecule has 0 aromatic heterocycles. The van der Waals surface area contributed by atoms with Gasteiger partial charge in [0.15, 0.2) is 0 Å². The van der Waals surface area contributed by atoms with Gasteiger partial charge in [-0.2, -0.15) is 0 Å². The molecule has 2 aromatic rings. The molecule has 8 heteroatoms. The summed E-state index contributed by atoms with van der Waals surface area (Å²) in [5.41, 5.74) is 2.30. The lowest BCUT2D eigenvalue weighted by Crippen LogP contribution is -2.35. The maximum Gasteiger partial charge on any atom is 0.411 e. The number of unbranched alkanes of at least 4 members (excludes halogenated alkanes) is 1. The van der Waals surface area contributed by atoms with Crippen molar-refractivity contribution in [3.05, 3.63) is 69.7 Å². The van der Waals surface area contributed by atoms with E-state index in [9.17, 15) is 14.7 Å². The number of carboxylic acid groups (broad SMARTS) is 1. The Bertz CT molecular complexity index is 1040. The van der Waals surface area contributed by atoms with Gasteiger partial charge in [0.2, 0.25) is 0 Å². The second kappa shape index (κ2) is 10.3. The maximum atomic E-state index is 12.1. The number of ether oxygens (including phenoxy) is 1. The number of nitrogens with one attached hydrogen (secondary N) is 2. The first-order valence-corrected chi connectivity index (χ1v) is 11.3. The third-order valence-corrected chi connectivity index (χ3v) is 6.17. The second-order valence-corrected chi connectivity index (χ2v) is 8.51. The minimum absolute atomic E-state index is 0.360. The molecular formula is C24H26Cl2N2O4. The number of carboxylic acids is 1. The van der Waals surface area contributed by atoms with Crippen LogP contribution < -0.4 is 10.6 Å². The summed E-state index contributed by atoms with van der Waals surface area (Å²) in [6, 6.07) is 10.9. The highest BCUT2D eigenvalue weighted by Crippen LogP contribution is 2.54. The monoisotopic (exact) mass is 476 g/mol. The van der Waals surface area contributed by atoms with Crippen LogP contribution in [0, 0.1) is 0 Å². The fraction of sp³-hybridized carbons (Fsp3) is 0.333. The van der Waals surface area contributed by atoms with E-state index >= 15 is 0 Å². The number of aliphatic carboxylic acids is 1. The SMILES string of the molecule is CCCCOC(=O)Nc1cccc(C2(CC)Nc3cc(Cl)cc(Cl)c3C2C=CC(=O)O)c1. The Balaban J connectivity index is 2.01. The van der Waals surface area contributed by atoms with Crippen LogP contribution in [0.15, 0.2) is 48.6 Å². The number of benzene rings is 2. The van der Waals surface area contributed by atoms with Crippen LogP contribution >= 0.6 is 23.2 Å². The van der Waals surface area contributed by atoms with Gasteiger partial charge in [0, 0.05) is 39.0 Å². The molecule has 170 valence electrons. The summed E-state index contributed by atoms with van der Waals surface area (Å²) in [4.78, 5) is 23.4. The minimum atomic E-state index is -1.04. The largest absolute Gasteiger partial charge is 0.478 e. The molecular weight excluding hydrogens is 451 g/mol. The van der Waals surface area contributed by atoms with Crippen LogP contribution in [0.3, 0.4) is 0 Å². The second-order valence-electron chi connectivity index (χ2n) is 7.67. The van der Waals surface area contributed by atoms with Crippen molar-refractivity contribution in [3.63, 3.8) is 0 Å². The summed E-state index contributed by atoms with van der Waals surface area (Å²) < 4.78 is 5.19. The third-order valence-electron chi connectivity index (χ3n) is 5.64. The number of amides is 1. The van der Waals surface area contributed by atoms with Crippen LogP contribution in [0.1, 0.15) is 50.2 Å². The van der Waals surface area contributed by atoms with E-state index in [0.29, 0.717) is 28.8 Å². The predicted molar refractivity (Wildman–Crippen MR) is 128 cm³/mol. The zero-order chi connectivity index (χ0) is 23.3. The summed E-state index contributed by atoms with van der Waals surface area (Å²) in [7, 11) is 0. The van der Waals surface area contributed by atoms with Crippen molar-refractivity contribution in [1.82, 2.24) is 0 Å². The smallest absolute Gasteiger partial charge is 0.411 e. The number of hydrogen-bond acceptors (Lipinski definition) is 4. The summed E-state index contributed by atoms with van der Waals surface area (Å²) in [6.07, 6.45) is 4.62. The highest BCUT2D eigenvalue weighted by atomic mass is 35.5. The molecule has 2 atom stereocenters. The average Bonchev–Trinajstić information content (AvgIpc) is 3.07. The number of fused-ring (bicyclic) bond motifs is 1. The van der Waals surface area contributed by atoms with E-state index in [-0.39, 0.29) is 5.92 Å². The molecule has 0 saturated heterocycles. The third kappa shape index (κ3) is 5.03. The Hall–Kier alpha value is -2.70. The topological polar surface area (TPSA) is 87.7 Å². The van der Waals surface area contributed by atoms with Gasteiger partial charge < -0.3 is 15.2 Å². The molecule has 6 nitrogen and oxygen atoms in total. The van der Waals surface area contributed by atoms with Crippen LogP contribution in [0.25, 0.3) is 0 Å². The van der Waals surface area contributed by atoms with E-state index in [1.165, 1.54) is 0 Å². The standard InChI is InChI=1S/C24H26Cl2N2O4/c1-3-5-11-32-23(31)27-17-8-6-7-15(12-17)24(4-2)18(9-10-21(29)30)22-19(26)13-16(25)14-20(22)28-24/h6-10,12-14,18,28H,3-5,11H2,1-2H3,(H,27,31)(H,29,30). The van der Waals surface area contributed by atoms with Gasteiger partial charge in [0.25, 0.3) is 0 Å². The molecule has 1 aliphatic rings. The van der Waals surface area contributed by atoms with Gasteiger partial charge in [0.1, 0.15) is 0 Å². The number of anilines is 2. The van der Waals surface area contributed by atoms with Crippen molar-refractivity contribution >= 4 is 46.6 Å². The predicted octanol–water partition coefficient (Wildman–Crippen LogP) is 6.80. The molecule has 0 bridgehead atoms. The number of hydrogen-bond donors (Lipinski definition) is 3. The fourth-order valence-electron chi connectivity index (χ4n) is 4.11. The van der Waals surface area contributed by atoms with E-state index in [1.807, 2.05) is 32.0 Å². The lowest BCUT2D eigenvalue weighted by molar-refractivity contribution is -0.131. The molecule has 0 radical (unpaired) electrons. The zero-order valence-electron chi connectivity index (χ0n) is 18.0. The van der Waals surface area contributed by atoms with E-state index in [1.54, 1.807) is 24.3 Å². The molecule has 1 aliphatic heterocycles. The summed E-state index contributed by atoms with van der Waals surface area (Å²) in [5.74, 6) is -1.41. The molecule has 3 rings (SSSR count). The highest BCUT2D eigenvalue weighted by Gasteiger charge is 2.46. The summed E-state index contributed by atoms with van der Waals surface area (Å²) in [6.45, 7) is 4.39. The van der Waals surface area contributed by atoms with Crippen LogP contribution in [-0.2, 0) is 15.1 Å². The van der Waals surface area contributed by atoms with E-state index in [4.69, 9.17) is 27.9 Å². The van der Waals surface area contributed by atoms with Gasteiger partial charge in [-0.3, -0.25) is 5.32 Å². The maximum absolute atomic E-state index is 12.1. The van der Waals surface area contributed by atoms with E-state index in [0.717, 1.165) is 35.7 Å². The number of carbonyl (C=O) groups excluding carboxylic acids is 1. The highest BCUT2D eigenvalue weighted by molar-refractivity contribution is 6.35. The van der Waals surface area contributed by atoms with Crippen LogP contribution in [-0.4, -0.2) is 23.8 Å². The first-order valence-electron chi connectivity index (χ1n) is 10.5. The molecule has 0 saturated carbocycles. The quantitative estimate of drug-likeness (QED) is 0.288. The van der Waals surface area contributed by atoms with Crippen LogP contribution in [0.2, 0.25) is 10.0 Å². The molecule has 2 aromatic carbocycles. The number of rotatable bonds is 8. The first-order chi connectivity index (χ1) is 15.3. The average molecular weight is 477 g/mol. The van der Waals surface area contributed by atoms with Gasteiger partial charge in [-0.05, 0) is 42.7 Å². The van der Waals surface area contributed by atoms with Gasteiger partial charge in [-0.1, -0.05) is 61.7 Å². The van der Waals surface area contributed by atoms with Gasteiger partial charge in [-0.15, -0.1) is 0 Å². The van der Waals surface area contributed by atoms with Crippen molar-refractivity contribution < 1.29 is 19.4 Å². The molecule has 2 unspecified atom stereocenters. The Morgan fingerprint density at radius 2 is 2.03 bits per heavy atom. The van der Waals surface area contributed by atoms with Crippen molar-refractivity contribution in [3.8, 4) is 0 Å². The Morgan fingerprint density at radius 3 is 2.72 bits per heavy atom. The van der Waals surface area contributed by atoms with Crippen molar-refractivity contribution in [1.29, 1.82) is 0 Å². The minimum Gasteiger partial charge on any atom is -0.478 e.